The van der Waals surface area contributed by atoms with E-state index in [1.54, 1.807) is 31.3 Å². The molecule has 4 nitrogen and oxygen atoms in total. The van der Waals surface area contributed by atoms with Crippen molar-refractivity contribution in [1.29, 1.82) is 0 Å². The molecule has 4 heteroatoms. The summed E-state index contributed by atoms with van der Waals surface area (Å²) in [6.07, 6.45) is -1.03. The van der Waals surface area contributed by atoms with Crippen LogP contribution in [0.5, 0.6) is 0 Å². The fourth-order valence-corrected chi connectivity index (χ4v) is 2.03. The van der Waals surface area contributed by atoms with Crippen LogP contribution in [-0.4, -0.2) is 40.7 Å². The molecule has 16 heavy (non-hydrogen) atoms. The summed E-state index contributed by atoms with van der Waals surface area (Å²) >= 11 is 0. The number of carbonyl (C=O) groups excluding carboxylic acids is 1. The van der Waals surface area contributed by atoms with E-state index in [9.17, 15) is 15.0 Å². The van der Waals surface area contributed by atoms with Crippen molar-refractivity contribution in [3.05, 3.63) is 35.9 Å². The lowest BCUT2D eigenvalue weighted by Crippen LogP contribution is -2.56. The molecule has 2 unspecified atom stereocenters. The molecule has 0 aliphatic carbocycles. The van der Waals surface area contributed by atoms with Gasteiger partial charge in [-0.3, -0.25) is 4.79 Å². The molecule has 0 spiro atoms. The lowest BCUT2D eigenvalue weighted by atomic mass is 9.82. The van der Waals surface area contributed by atoms with Crippen molar-refractivity contribution in [3.8, 4) is 0 Å². The van der Waals surface area contributed by atoms with E-state index in [-0.39, 0.29) is 0 Å². The Kier molecular flexibility index (Phi) is 2.69. The largest absolute Gasteiger partial charge is 0.382 e. The fourth-order valence-electron chi connectivity index (χ4n) is 2.03. The first-order chi connectivity index (χ1) is 7.55. The molecule has 1 saturated heterocycles. The quantitative estimate of drug-likeness (QED) is 0.707. The van der Waals surface area contributed by atoms with Gasteiger partial charge in [-0.2, -0.15) is 0 Å². The van der Waals surface area contributed by atoms with E-state index >= 15 is 0 Å². The summed E-state index contributed by atoms with van der Waals surface area (Å²) < 4.78 is 0. The Morgan fingerprint density at radius 2 is 2.00 bits per heavy atom. The highest BCUT2D eigenvalue weighted by Crippen LogP contribution is 2.33. The summed E-state index contributed by atoms with van der Waals surface area (Å²) in [5.74, 6) is -0.433. The third-order valence-electron chi connectivity index (χ3n) is 3.16. The molecule has 1 aromatic rings. The summed E-state index contributed by atoms with van der Waals surface area (Å²) in [5.41, 5.74) is -0.867. The normalized spacial score (nSPS) is 30.6. The van der Waals surface area contributed by atoms with E-state index in [1.807, 2.05) is 6.07 Å². The average Bonchev–Trinajstić information content (AvgIpc) is 2.33. The molecule has 1 aliphatic heterocycles. The summed E-state index contributed by atoms with van der Waals surface area (Å²) in [5, 5.41) is 20.3. The molecular weight excluding hydrogens is 206 g/mol. The molecule has 0 saturated carbocycles. The van der Waals surface area contributed by atoms with Gasteiger partial charge in [-0.25, -0.2) is 0 Å². The lowest BCUT2D eigenvalue weighted by molar-refractivity contribution is -0.168. The Bertz CT molecular complexity index is 393. The number of aliphatic hydroxyl groups is 2. The Morgan fingerprint density at radius 3 is 2.62 bits per heavy atom. The maximum Gasteiger partial charge on any atom is 0.254 e. The van der Waals surface area contributed by atoms with E-state index < -0.39 is 17.6 Å². The van der Waals surface area contributed by atoms with Crippen molar-refractivity contribution < 1.29 is 15.0 Å². The van der Waals surface area contributed by atoms with Crippen LogP contribution in [-0.2, 0) is 10.4 Å². The van der Waals surface area contributed by atoms with Crippen molar-refractivity contribution >= 4 is 5.91 Å². The fraction of sp³-hybridized carbons (Fsp3) is 0.417. The molecule has 1 fully saturated rings. The number of rotatable bonds is 1. The molecule has 2 rings (SSSR count). The third kappa shape index (κ3) is 1.60. The van der Waals surface area contributed by atoms with Gasteiger partial charge in [-0.15, -0.1) is 0 Å². The van der Waals surface area contributed by atoms with Gasteiger partial charge in [0.1, 0.15) is 5.60 Å². The van der Waals surface area contributed by atoms with Gasteiger partial charge < -0.3 is 15.1 Å². The highest BCUT2D eigenvalue weighted by molar-refractivity contribution is 5.83. The second kappa shape index (κ2) is 3.88. The van der Waals surface area contributed by atoms with Crippen LogP contribution >= 0.6 is 0 Å². The van der Waals surface area contributed by atoms with E-state index in [2.05, 4.69) is 0 Å². The molecule has 2 N–H and O–H groups in total. The summed E-state index contributed by atoms with van der Waals surface area (Å²) in [4.78, 5) is 13.1. The number of carbonyl (C=O) groups is 1. The zero-order valence-corrected chi connectivity index (χ0v) is 9.13. The average molecular weight is 221 g/mol. The first-order valence-electron chi connectivity index (χ1n) is 5.26. The molecule has 0 radical (unpaired) electrons. The third-order valence-corrected chi connectivity index (χ3v) is 3.16. The minimum absolute atomic E-state index is 0.348. The van der Waals surface area contributed by atoms with Gasteiger partial charge in [0.2, 0.25) is 0 Å². The van der Waals surface area contributed by atoms with Gasteiger partial charge in [0, 0.05) is 20.0 Å². The number of amides is 1. The molecule has 2 atom stereocenters. The Morgan fingerprint density at radius 1 is 1.38 bits per heavy atom. The number of likely N-dealkylation sites (tertiary alicyclic amines) is 1. The van der Waals surface area contributed by atoms with Crippen LogP contribution in [0.25, 0.3) is 0 Å². The Labute approximate surface area is 94.1 Å². The van der Waals surface area contributed by atoms with Crippen LogP contribution in [0.2, 0.25) is 0 Å². The van der Waals surface area contributed by atoms with E-state index in [0.29, 0.717) is 18.5 Å². The molecule has 86 valence electrons. The lowest BCUT2D eigenvalue weighted by Gasteiger charge is -2.40. The van der Waals surface area contributed by atoms with Crippen molar-refractivity contribution in [3.63, 3.8) is 0 Å². The molecular formula is C12H15NO3. The van der Waals surface area contributed by atoms with Gasteiger partial charge in [-0.1, -0.05) is 30.3 Å². The van der Waals surface area contributed by atoms with Gasteiger partial charge in [-0.05, 0) is 5.56 Å². The number of hydrogen-bond acceptors (Lipinski definition) is 3. The minimum atomic E-state index is -1.45. The zero-order chi connectivity index (χ0) is 11.8. The predicted molar refractivity (Wildman–Crippen MR) is 58.6 cm³/mol. The Hall–Kier alpha value is -1.39. The molecule has 0 bridgehead atoms. The van der Waals surface area contributed by atoms with Gasteiger partial charge >= 0.3 is 0 Å². The Balaban J connectivity index is 2.36. The first kappa shape index (κ1) is 11.1. The second-order valence-corrected chi connectivity index (χ2v) is 4.20. The van der Waals surface area contributed by atoms with Crippen LogP contribution < -0.4 is 0 Å². The van der Waals surface area contributed by atoms with E-state index in [0.717, 1.165) is 0 Å². The van der Waals surface area contributed by atoms with Crippen molar-refractivity contribution in [2.24, 2.45) is 0 Å². The SMILES string of the molecule is CN1CCC(O)(c2ccccc2)C(O)C1=O. The monoisotopic (exact) mass is 221 g/mol. The van der Waals surface area contributed by atoms with E-state index in [4.69, 9.17) is 0 Å². The van der Waals surface area contributed by atoms with Crippen LogP contribution in [0.15, 0.2) is 30.3 Å². The van der Waals surface area contributed by atoms with Crippen LogP contribution in [0.1, 0.15) is 12.0 Å². The number of nitrogens with zero attached hydrogens (tertiary/aromatic N) is 1. The topological polar surface area (TPSA) is 60.8 Å². The van der Waals surface area contributed by atoms with Crippen molar-refractivity contribution in [2.75, 3.05) is 13.6 Å². The van der Waals surface area contributed by atoms with Gasteiger partial charge in [0.15, 0.2) is 6.10 Å². The van der Waals surface area contributed by atoms with Gasteiger partial charge in [0.25, 0.3) is 5.91 Å². The standard InChI is InChI=1S/C12H15NO3/c1-13-8-7-12(16,10(14)11(13)15)9-5-3-2-4-6-9/h2-6,10,14,16H,7-8H2,1H3. The number of piperidine rings is 1. The second-order valence-electron chi connectivity index (χ2n) is 4.20. The van der Waals surface area contributed by atoms with Crippen molar-refractivity contribution in [1.82, 2.24) is 4.90 Å². The highest BCUT2D eigenvalue weighted by atomic mass is 16.4. The smallest absolute Gasteiger partial charge is 0.254 e. The first-order valence-corrected chi connectivity index (χ1v) is 5.26. The summed E-state index contributed by atoms with van der Waals surface area (Å²) in [7, 11) is 1.62. The molecule has 1 aromatic carbocycles. The zero-order valence-electron chi connectivity index (χ0n) is 9.13. The maximum atomic E-state index is 11.6. The molecule has 1 amide bonds. The molecule has 1 heterocycles. The maximum absolute atomic E-state index is 11.6. The summed E-state index contributed by atoms with van der Waals surface area (Å²) in [6.45, 7) is 0.446. The number of benzene rings is 1. The predicted octanol–water partition coefficient (Wildman–Crippen LogP) is 0.0972. The number of likely N-dealkylation sites (N-methyl/N-ethyl adjacent to an activating group) is 1. The van der Waals surface area contributed by atoms with Crippen molar-refractivity contribution in [2.45, 2.75) is 18.1 Å². The van der Waals surface area contributed by atoms with E-state index in [1.165, 1.54) is 4.90 Å². The number of aliphatic hydroxyl groups excluding tert-OH is 1. The molecule has 1 aliphatic rings. The van der Waals surface area contributed by atoms with Gasteiger partial charge in [0.05, 0.1) is 0 Å². The molecule has 0 aromatic heterocycles. The van der Waals surface area contributed by atoms with Crippen LogP contribution in [0, 0.1) is 0 Å². The highest BCUT2D eigenvalue weighted by Gasteiger charge is 2.46. The summed E-state index contributed by atoms with van der Waals surface area (Å²) in [6, 6.07) is 8.84. The van der Waals surface area contributed by atoms with Crippen LogP contribution in [0.3, 0.4) is 0 Å². The van der Waals surface area contributed by atoms with Crippen LogP contribution in [0.4, 0.5) is 0 Å². The number of hydrogen-bond donors (Lipinski definition) is 2. The minimum Gasteiger partial charge on any atom is -0.382 e.